The fourth-order valence-electron chi connectivity index (χ4n) is 1.33. The van der Waals surface area contributed by atoms with Crippen molar-refractivity contribution in [1.29, 1.82) is 0 Å². The van der Waals surface area contributed by atoms with Crippen LogP contribution in [-0.4, -0.2) is 16.5 Å². The van der Waals surface area contributed by atoms with Crippen molar-refractivity contribution in [3.8, 4) is 21.9 Å². The first-order valence-electron chi connectivity index (χ1n) is 4.27. The van der Waals surface area contributed by atoms with Gasteiger partial charge in [-0.05, 0) is 23.6 Å². The second kappa shape index (κ2) is 3.74. The largest absolute Gasteiger partial charge is 0.504 e. The van der Waals surface area contributed by atoms with Crippen molar-refractivity contribution >= 4 is 17.6 Å². The quantitative estimate of drug-likeness (QED) is 0.604. The Kier molecular flexibility index (Phi) is 2.43. The number of hydrogen-bond acceptors (Lipinski definition) is 4. The Morgan fingerprint density at radius 2 is 2.07 bits per heavy atom. The van der Waals surface area contributed by atoms with E-state index in [9.17, 15) is 15.0 Å². The Morgan fingerprint density at radius 1 is 1.27 bits per heavy atom. The summed E-state index contributed by atoms with van der Waals surface area (Å²) in [6.45, 7) is 0. The zero-order chi connectivity index (χ0) is 10.8. The second-order valence-corrected chi connectivity index (χ2v) is 3.98. The molecule has 1 aromatic carbocycles. The highest BCUT2D eigenvalue weighted by atomic mass is 32.1. The highest BCUT2D eigenvalue weighted by molar-refractivity contribution is 7.13. The number of aldehydes is 1. The number of hydrogen-bond donors (Lipinski definition) is 2. The number of thiophene rings is 1. The summed E-state index contributed by atoms with van der Waals surface area (Å²) in [7, 11) is 0. The first-order valence-corrected chi connectivity index (χ1v) is 5.15. The van der Waals surface area contributed by atoms with Gasteiger partial charge in [-0.1, -0.05) is 6.07 Å². The van der Waals surface area contributed by atoms with Gasteiger partial charge in [-0.3, -0.25) is 4.79 Å². The van der Waals surface area contributed by atoms with Gasteiger partial charge in [0, 0.05) is 16.0 Å². The molecule has 2 aromatic rings. The van der Waals surface area contributed by atoms with E-state index in [4.69, 9.17) is 0 Å². The van der Waals surface area contributed by atoms with Crippen molar-refractivity contribution < 1.29 is 15.0 Å². The lowest BCUT2D eigenvalue weighted by molar-refractivity contribution is 0.112. The molecule has 0 atom stereocenters. The molecule has 1 aromatic heterocycles. The number of benzene rings is 1. The van der Waals surface area contributed by atoms with Crippen molar-refractivity contribution in [2.75, 3.05) is 0 Å². The van der Waals surface area contributed by atoms with Crippen LogP contribution in [0.3, 0.4) is 0 Å². The average molecular weight is 220 g/mol. The Balaban J connectivity index is 2.65. The first kappa shape index (κ1) is 9.73. The van der Waals surface area contributed by atoms with Gasteiger partial charge in [0.15, 0.2) is 11.5 Å². The van der Waals surface area contributed by atoms with E-state index in [1.807, 2.05) is 17.5 Å². The monoisotopic (exact) mass is 220 g/mol. The van der Waals surface area contributed by atoms with E-state index in [0.29, 0.717) is 17.4 Å². The molecule has 0 aliphatic rings. The molecule has 3 nitrogen and oxygen atoms in total. The summed E-state index contributed by atoms with van der Waals surface area (Å²) in [6.07, 6.45) is 0.635. The van der Waals surface area contributed by atoms with Crippen LogP contribution in [0.25, 0.3) is 10.4 Å². The van der Waals surface area contributed by atoms with Crippen LogP contribution in [0, 0.1) is 0 Å². The molecule has 76 valence electrons. The molecule has 0 radical (unpaired) electrons. The van der Waals surface area contributed by atoms with Crippen molar-refractivity contribution in [3.05, 3.63) is 35.2 Å². The van der Waals surface area contributed by atoms with Crippen LogP contribution >= 0.6 is 11.3 Å². The molecule has 0 aliphatic heterocycles. The van der Waals surface area contributed by atoms with Crippen LogP contribution in [0.2, 0.25) is 0 Å². The Morgan fingerprint density at radius 3 is 2.67 bits per heavy atom. The molecule has 0 aliphatic carbocycles. The maximum absolute atomic E-state index is 10.6. The van der Waals surface area contributed by atoms with E-state index < -0.39 is 0 Å². The van der Waals surface area contributed by atoms with E-state index in [-0.39, 0.29) is 11.5 Å². The van der Waals surface area contributed by atoms with Crippen molar-refractivity contribution in [2.45, 2.75) is 0 Å². The number of phenols is 2. The van der Waals surface area contributed by atoms with Crippen LogP contribution in [0.1, 0.15) is 10.4 Å². The summed E-state index contributed by atoms with van der Waals surface area (Å²) in [4.78, 5) is 11.4. The Bertz CT molecular complexity index is 489. The molecular weight excluding hydrogens is 212 g/mol. The first-order chi connectivity index (χ1) is 7.22. The zero-order valence-electron chi connectivity index (χ0n) is 7.68. The zero-order valence-corrected chi connectivity index (χ0v) is 8.49. The summed E-state index contributed by atoms with van der Waals surface area (Å²) in [5.41, 5.74) is 0.820. The molecule has 1 heterocycles. The molecule has 0 fully saturated rings. The van der Waals surface area contributed by atoms with Crippen LogP contribution in [-0.2, 0) is 0 Å². The SMILES string of the molecule is O=Cc1cc(O)c(O)c(-c2cccs2)c1. The predicted molar refractivity (Wildman–Crippen MR) is 58.5 cm³/mol. The Hall–Kier alpha value is -1.81. The lowest BCUT2D eigenvalue weighted by Crippen LogP contribution is -1.83. The summed E-state index contributed by atoms with van der Waals surface area (Å²) < 4.78 is 0. The molecular formula is C11H8O3S. The molecule has 2 N–H and O–H groups in total. The fourth-order valence-corrected chi connectivity index (χ4v) is 2.07. The second-order valence-electron chi connectivity index (χ2n) is 3.03. The third kappa shape index (κ3) is 1.71. The molecule has 0 amide bonds. The van der Waals surface area contributed by atoms with E-state index >= 15 is 0 Å². The van der Waals surface area contributed by atoms with Gasteiger partial charge in [-0.2, -0.15) is 0 Å². The number of phenolic OH excluding ortho intramolecular Hbond substituents is 2. The third-order valence-corrected chi connectivity index (χ3v) is 2.94. The summed E-state index contributed by atoms with van der Waals surface area (Å²) in [6, 6.07) is 6.44. The smallest absolute Gasteiger partial charge is 0.166 e. The lowest BCUT2D eigenvalue weighted by atomic mass is 10.1. The molecule has 2 rings (SSSR count). The highest BCUT2D eigenvalue weighted by Gasteiger charge is 2.11. The van der Waals surface area contributed by atoms with E-state index in [1.54, 1.807) is 6.07 Å². The minimum Gasteiger partial charge on any atom is -0.504 e. The lowest BCUT2D eigenvalue weighted by Gasteiger charge is -2.05. The molecule has 4 heteroatoms. The molecule has 0 spiro atoms. The van der Waals surface area contributed by atoms with E-state index in [2.05, 4.69) is 0 Å². The number of carbonyl (C=O) groups is 1. The van der Waals surface area contributed by atoms with E-state index in [0.717, 1.165) is 4.88 Å². The summed E-state index contributed by atoms with van der Waals surface area (Å²) >= 11 is 1.43. The normalized spacial score (nSPS) is 10.1. The maximum Gasteiger partial charge on any atom is 0.166 e. The molecule has 0 saturated carbocycles. The molecule has 0 unspecified atom stereocenters. The minimum atomic E-state index is -0.275. The van der Waals surface area contributed by atoms with Gasteiger partial charge in [0.05, 0.1) is 0 Å². The average Bonchev–Trinajstić information content (AvgIpc) is 2.75. The van der Waals surface area contributed by atoms with Crippen LogP contribution < -0.4 is 0 Å². The molecule has 15 heavy (non-hydrogen) atoms. The van der Waals surface area contributed by atoms with Crippen molar-refractivity contribution in [3.63, 3.8) is 0 Å². The standard InChI is InChI=1S/C11H8O3S/c12-6-7-4-8(10-2-1-3-15-10)11(14)9(13)5-7/h1-6,13-14H. The van der Waals surface area contributed by atoms with Crippen molar-refractivity contribution in [2.24, 2.45) is 0 Å². The number of aromatic hydroxyl groups is 2. The van der Waals surface area contributed by atoms with Crippen LogP contribution in [0.15, 0.2) is 29.6 Å². The molecule has 0 bridgehead atoms. The van der Waals surface area contributed by atoms with Gasteiger partial charge in [0.25, 0.3) is 0 Å². The highest BCUT2D eigenvalue weighted by Crippen LogP contribution is 2.39. The topological polar surface area (TPSA) is 57.5 Å². The Labute approximate surface area is 90.2 Å². The van der Waals surface area contributed by atoms with Gasteiger partial charge in [0.1, 0.15) is 6.29 Å². The van der Waals surface area contributed by atoms with Gasteiger partial charge >= 0.3 is 0 Å². The van der Waals surface area contributed by atoms with Crippen LogP contribution in [0.5, 0.6) is 11.5 Å². The van der Waals surface area contributed by atoms with Gasteiger partial charge in [-0.25, -0.2) is 0 Å². The third-order valence-electron chi connectivity index (χ3n) is 2.03. The van der Waals surface area contributed by atoms with Crippen LogP contribution in [0.4, 0.5) is 0 Å². The van der Waals surface area contributed by atoms with E-state index in [1.165, 1.54) is 17.4 Å². The summed E-state index contributed by atoms with van der Waals surface area (Å²) in [5.74, 6) is -0.467. The molecule has 0 saturated heterocycles. The predicted octanol–water partition coefficient (Wildman–Crippen LogP) is 2.64. The van der Waals surface area contributed by atoms with Gasteiger partial charge < -0.3 is 10.2 Å². The maximum atomic E-state index is 10.6. The summed E-state index contributed by atoms with van der Waals surface area (Å²) in [5, 5.41) is 20.9. The number of rotatable bonds is 2. The van der Waals surface area contributed by atoms with Gasteiger partial charge in [0.2, 0.25) is 0 Å². The fraction of sp³-hybridized carbons (Fsp3) is 0. The van der Waals surface area contributed by atoms with Gasteiger partial charge in [-0.15, -0.1) is 11.3 Å². The minimum absolute atomic E-state index is 0.192. The number of carbonyl (C=O) groups excluding carboxylic acids is 1. The van der Waals surface area contributed by atoms with Crippen molar-refractivity contribution in [1.82, 2.24) is 0 Å².